The molecule has 9 heteroatoms. The minimum Gasteiger partial charge on any atom is -0.260 e. The van der Waals surface area contributed by atoms with Crippen LogP contribution in [0.25, 0.3) is 10.5 Å². The second-order valence-electron chi connectivity index (χ2n) is 9.06. The van der Waals surface area contributed by atoms with Gasteiger partial charge in [0.15, 0.2) is 17.2 Å². The van der Waals surface area contributed by atoms with Crippen LogP contribution in [0.4, 0.5) is 17.2 Å². The molecule has 0 spiro atoms. The average Bonchev–Trinajstić information content (AvgIpc) is 3.17. The Kier molecular flexibility index (Phi) is 4.41. The van der Waals surface area contributed by atoms with Crippen LogP contribution in [-0.2, 0) is 24.9 Å². The first-order chi connectivity index (χ1) is 12.9. The van der Waals surface area contributed by atoms with Crippen LogP contribution in [0.1, 0.15) is 58.8 Å². The van der Waals surface area contributed by atoms with Crippen LogP contribution in [0.15, 0.2) is 10.2 Å². The number of aromatic nitrogens is 6. The van der Waals surface area contributed by atoms with Gasteiger partial charge in [0.1, 0.15) is 5.82 Å². The Bertz CT molecular complexity index is 1120. The van der Waals surface area contributed by atoms with Crippen molar-refractivity contribution in [2.24, 2.45) is 24.3 Å². The summed E-state index contributed by atoms with van der Waals surface area (Å²) in [4.78, 5) is 3.69. The standard InChI is InChI=1S/C19H27N9/c1-11-23-27(10)17-13(15(19(5,6)7)25-28(11)17)21-22-16-12(20-8)14(18(2,3)4)24-26(16)9/h1-7,9-10H3. The van der Waals surface area contributed by atoms with Gasteiger partial charge < -0.3 is 0 Å². The van der Waals surface area contributed by atoms with Gasteiger partial charge in [-0.15, -0.1) is 10.2 Å². The lowest BCUT2D eigenvalue weighted by atomic mass is 9.91. The zero-order valence-electron chi connectivity index (χ0n) is 18.0. The maximum absolute atomic E-state index is 7.62. The molecule has 3 heterocycles. The second-order valence-corrected chi connectivity index (χ2v) is 9.06. The summed E-state index contributed by atoms with van der Waals surface area (Å²) in [5.74, 6) is 1.22. The minimum absolute atomic E-state index is 0.224. The van der Waals surface area contributed by atoms with Gasteiger partial charge in [0.2, 0.25) is 0 Å². The van der Waals surface area contributed by atoms with E-state index in [-0.39, 0.29) is 10.8 Å². The minimum atomic E-state index is -0.258. The summed E-state index contributed by atoms with van der Waals surface area (Å²) in [6, 6.07) is 0. The highest BCUT2D eigenvalue weighted by molar-refractivity contribution is 5.70. The molecule has 0 N–H and O–H groups in total. The molecule has 0 saturated carbocycles. The van der Waals surface area contributed by atoms with Gasteiger partial charge in [-0.1, -0.05) is 41.5 Å². The summed E-state index contributed by atoms with van der Waals surface area (Å²) in [7, 11) is 3.65. The van der Waals surface area contributed by atoms with E-state index in [4.69, 9.17) is 11.7 Å². The normalized spacial score (nSPS) is 13.0. The number of rotatable bonds is 2. The first-order valence-electron chi connectivity index (χ1n) is 9.15. The Morgan fingerprint density at radius 2 is 1.46 bits per heavy atom. The molecule has 0 aromatic carbocycles. The largest absolute Gasteiger partial charge is 0.260 e. The van der Waals surface area contributed by atoms with Gasteiger partial charge in [-0.3, -0.25) is 4.68 Å². The summed E-state index contributed by atoms with van der Waals surface area (Å²) in [6.45, 7) is 21.9. The Morgan fingerprint density at radius 3 is 2.00 bits per heavy atom. The summed E-state index contributed by atoms with van der Waals surface area (Å²) < 4.78 is 5.16. The topological polar surface area (TPSA) is 82.0 Å². The fourth-order valence-electron chi connectivity index (χ4n) is 3.14. The third kappa shape index (κ3) is 3.09. The van der Waals surface area contributed by atoms with Gasteiger partial charge in [-0.2, -0.15) is 19.8 Å². The van der Waals surface area contributed by atoms with Crippen molar-refractivity contribution in [1.82, 2.24) is 29.2 Å². The molecule has 0 unspecified atom stereocenters. The summed E-state index contributed by atoms with van der Waals surface area (Å²) in [5, 5.41) is 22.7. The molecule has 0 radical (unpaired) electrons. The lowest BCUT2D eigenvalue weighted by molar-refractivity contribution is 0.555. The van der Waals surface area contributed by atoms with Crippen LogP contribution in [-0.4, -0.2) is 29.2 Å². The SMILES string of the molecule is [C-]#[N+]c1c(C(C)(C)C)nn(C)c1N=Nc1c(C(C)(C)C)nn2c(C)nn(C)c12. The number of nitrogens with zero attached hydrogens (tertiary/aromatic N) is 9. The molecule has 0 bridgehead atoms. The van der Waals surface area contributed by atoms with E-state index in [9.17, 15) is 0 Å². The molecule has 0 fully saturated rings. The fraction of sp³-hybridized carbons (Fsp3) is 0.579. The van der Waals surface area contributed by atoms with E-state index in [1.807, 2.05) is 34.7 Å². The third-order valence-electron chi connectivity index (χ3n) is 4.51. The highest BCUT2D eigenvalue weighted by Gasteiger charge is 2.29. The molecular formula is C19H27N9. The molecule has 0 saturated heterocycles. The molecule has 0 aliphatic heterocycles. The predicted molar refractivity (Wildman–Crippen MR) is 108 cm³/mol. The lowest BCUT2D eigenvalue weighted by Gasteiger charge is -2.15. The average molecular weight is 381 g/mol. The molecule has 9 nitrogen and oxygen atoms in total. The van der Waals surface area contributed by atoms with E-state index in [1.165, 1.54) is 0 Å². The van der Waals surface area contributed by atoms with E-state index in [1.54, 1.807) is 20.9 Å². The third-order valence-corrected chi connectivity index (χ3v) is 4.51. The van der Waals surface area contributed by atoms with Gasteiger partial charge in [-0.05, 0) is 12.3 Å². The molecule has 0 aliphatic rings. The van der Waals surface area contributed by atoms with Crippen molar-refractivity contribution in [3.63, 3.8) is 0 Å². The van der Waals surface area contributed by atoms with Crippen molar-refractivity contribution in [2.75, 3.05) is 0 Å². The van der Waals surface area contributed by atoms with Crippen molar-refractivity contribution in [1.29, 1.82) is 0 Å². The van der Waals surface area contributed by atoms with Gasteiger partial charge in [-0.25, -0.2) is 9.53 Å². The van der Waals surface area contributed by atoms with E-state index < -0.39 is 0 Å². The highest BCUT2D eigenvalue weighted by Crippen LogP contribution is 2.40. The van der Waals surface area contributed by atoms with Crippen molar-refractivity contribution >= 4 is 22.8 Å². The smallest absolute Gasteiger partial charge is 0.255 e. The fourth-order valence-corrected chi connectivity index (χ4v) is 3.14. The molecule has 148 valence electrons. The number of hydrogen-bond donors (Lipinski definition) is 0. The van der Waals surface area contributed by atoms with Crippen LogP contribution < -0.4 is 0 Å². The van der Waals surface area contributed by atoms with Gasteiger partial charge >= 0.3 is 0 Å². The van der Waals surface area contributed by atoms with Crippen LogP contribution in [0.3, 0.4) is 0 Å². The number of azo groups is 1. The molecule has 3 aromatic heterocycles. The number of aryl methyl sites for hydroxylation is 3. The summed E-state index contributed by atoms with van der Waals surface area (Å²) in [6.07, 6.45) is 0. The van der Waals surface area contributed by atoms with Gasteiger partial charge in [0, 0.05) is 19.5 Å². The van der Waals surface area contributed by atoms with Crippen LogP contribution >= 0.6 is 0 Å². The number of fused-ring (bicyclic) bond motifs is 1. The molecule has 3 rings (SSSR count). The quantitative estimate of drug-likeness (QED) is 0.478. The predicted octanol–water partition coefficient (Wildman–Crippen LogP) is 4.67. The maximum atomic E-state index is 7.62. The Labute approximate surface area is 164 Å². The van der Waals surface area contributed by atoms with Crippen molar-refractivity contribution in [3.05, 3.63) is 28.6 Å². The van der Waals surface area contributed by atoms with Crippen LogP contribution in [0, 0.1) is 13.5 Å². The van der Waals surface area contributed by atoms with Crippen molar-refractivity contribution < 1.29 is 0 Å². The first-order valence-corrected chi connectivity index (χ1v) is 9.15. The van der Waals surface area contributed by atoms with E-state index in [2.05, 4.69) is 46.0 Å². The Morgan fingerprint density at radius 1 is 0.857 bits per heavy atom. The maximum Gasteiger partial charge on any atom is 0.255 e. The Hall–Kier alpha value is -3.02. The van der Waals surface area contributed by atoms with E-state index in [0.29, 0.717) is 22.9 Å². The highest BCUT2D eigenvalue weighted by atomic mass is 15.4. The van der Waals surface area contributed by atoms with E-state index >= 15 is 0 Å². The van der Waals surface area contributed by atoms with Gasteiger partial charge in [0.25, 0.3) is 5.69 Å². The zero-order chi connectivity index (χ0) is 21.0. The Balaban J connectivity index is 2.23. The summed E-state index contributed by atoms with van der Waals surface area (Å²) >= 11 is 0. The van der Waals surface area contributed by atoms with Crippen LogP contribution in [0.2, 0.25) is 0 Å². The first kappa shape index (κ1) is 19.7. The molecule has 0 amide bonds. The molecule has 0 aliphatic carbocycles. The molecule has 3 aromatic rings. The molecule has 28 heavy (non-hydrogen) atoms. The van der Waals surface area contributed by atoms with E-state index in [0.717, 1.165) is 17.2 Å². The zero-order valence-corrected chi connectivity index (χ0v) is 18.0. The molecular weight excluding hydrogens is 354 g/mol. The van der Waals surface area contributed by atoms with Crippen LogP contribution in [0.5, 0.6) is 0 Å². The molecule has 0 atom stereocenters. The second kappa shape index (κ2) is 6.26. The lowest BCUT2D eigenvalue weighted by Crippen LogP contribution is -2.12. The summed E-state index contributed by atoms with van der Waals surface area (Å²) in [5.41, 5.74) is 2.92. The number of hydrogen-bond acceptors (Lipinski definition) is 5. The monoisotopic (exact) mass is 381 g/mol. The van der Waals surface area contributed by atoms with Crippen molar-refractivity contribution in [2.45, 2.75) is 59.3 Å². The van der Waals surface area contributed by atoms with Gasteiger partial charge in [0.05, 0.1) is 18.0 Å². The van der Waals surface area contributed by atoms with Crippen molar-refractivity contribution in [3.8, 4) is 0 Å².